The first-order valence-electron chi connectivity index (χ1n) is 8.25. The highest BCUT2D eigenvalue weighted by molar-refractivity contribution is 9.10. The Labute approximate surface area is 160 Å². The summed E-state index contributed by atoms with van der Waals surface area (Å²) in [6.07, 6.45) is 7.21. The van der Waals surface area contributed by atoms with Crippen LogP contribution in [0.15, 0.2) is 28.4 Å². The Morgan fingerprint density at radius 2 is 2.16 bits per heavy atom. The zero-order valence-corrected chi connectivity index (χ0v) is 16.0. The third kappa shape index (κ3) is 4.02. The van der Waals surface area contributed by atoms with Crippen LogP contribution in [-0.2, 0) is 4.79 Å². The number of hydrogen-bond donors (Lipinski definition) is 1. The molecule has 1 aromatic carbocycles. The highest BCUT2D eigenvalue weighted by Crippen LogP contribution is 2.29. The Balaban J connectivity index is 1.87. The van der Waals surface area contributed by atoms with Gasteiger partial charge in [-0.25, -0.2) is 0 Å². The monoisotopic (exact) mass is 419 g/mol. The van der Waals surface area contributed by atoms with Gasteiger partial charge < -0.3 is 10.1 Å². The molecule has 0 aromatic heterocycles. The van der Waals surface area contributed by atoms with Crippen molar-refractivity contribution in [3.8, 4) is 11.8 Å². The maximum atomic E-state index is 12.8. The second-order valence-corrected chi connectivity index (χ2v) is 7.39. The first-order chi connectivity index (χ1) is 12.1. The number of nitriles is 1. The number of thiocarbonyl (C=S) groups is 1. The van der Waals surface area contributed by atoms with Crippen molar-refractivity contribution in [2.24, 2.45) is 0 Å². The lowest BCUT2D eigenvalue weighted by molar-refractivity contribution is -0.124. The predicted molar refractivity (Wildman–Crippen MR) is 103 cm³/mol. The summed E-state index contributed by atoms with van der Waals surface area (Å²) < 4.78 is 6.31. The minimum Gasteiger partial charge on any atom is -0.478 e. The van der Waals surface area contributed by atoms with Gasteiger partial charge in [-0.1, -0.05) is 35.2 Å². The predicted octanol–water partition coefficient (Wildman–Crippen LogP) is 3.74. The Kier molecular flexibility index (Phi) is 5.71. The van der Waals surface area contributed by atoms with Crippen LogP contribution in [0.25, 0.3) is 6.08 Å². The van der Waals surface area contributed by atoms with Gasteiger partial charge in [0.2, 0.25) is 0 Å². The summed E-state index contributed by atoms with van der Waals surface area (Å²) in [4.78, 5) is 14.5. The smallest absolute Gasteiger partial charge is 0.276 e. The van der Waals surface area contributed by atoms with Gasteiger partial charge >= 0.3 is 0 Å². The third-order valence-corrected chi connectivity index (χ3v) is 5.21. The van der Waals surface area contributed by atoms with Crippen LogP contribution in [0.3, 0.4) is 0 Å². The number of nitrogens with one attached hydrogen (secondary N) is 1. The number of benzene rings is 1. The fraction of sp³-hybridized carbons (Fsp3) is 0.389. The van der Waals surface area contributed by atoms with Gasteiger partial charge in [0.1, 0.15) is 17.5 Å². The molecule has 1 aliphatic carbocycles. The average molecular weight is 420 g/mol. The van der Waals surface area contributed by atoms with E-state index in [-0.39, 0.29) is 18.6 Å². The highest BCUT2D eigenvalue weighted by Gasteiger charge is 2.36. The first-order valence-corrected chi connectivity index (χ1v) is 9.46. The molecule has 0 bridgehead atoms. The molecule has 1 saturated heterocycles. The van der Waals surface area contributed by atoms with Crippen molar-refractivity contribution < 1.29 is 9.53 Å². The normalized spacial score (nSPS) is 19.8. The van der Waals surface area contributed by atoms with Crippen LogP contribution in [0, 0.1) is 11.3 Å². The van der Waals surface area contributed by atoms with Crippen molar-refractivity contribution in [1.29, 1.82) is 5.26 Å². The quantitative estimate of drug-likeness (QED) is 0.594. The maximum absolute atomic E-state index is 12.8. The maximum Gasteiger partial charge on any atom is 0.276 e. The Morgan fingerprint density at radius 3 is 2.88 bits per heavy atom. The second kappa shape index (κ2) is 7.98. The van der Waals surface area contributed by atoms with E-state index in [4.69, 9.17) is 22.2 Å². The van der Waals surface area contributed by atoms with E-state index in [0.717, 1.165) is 30.2 Å². The van der Waals surface area contributed by atoms with Crippen LogP contribution in [-0.4, -0.2) is 28.6 Å². The van der Waals surface area contributed by atoms with Gasteiger partial charge in [-0.15, -0.1) is 0 Å². The molecule has 1 amide bonds. The molecule has 1 N–H and O–H groups in total. The van der Waals surface area contributed by atoms with Crippen LogP contribution in [0.5, 0.6) is 5.75 Å². The number of ether oxygens (including phenoxy) is 1. The molecule has 2 aliphatic rings. The van der Waals surface area contributed by atoms with Crippen molar-refractivity contribution >= 4 is 45.2 Å². The molecule has 0 spiro atoms. The Morgan fingerprint density at radius 1 is 1.40 bits per heavy atom. The summed E-state index contributed by atoms with van der Waals surface area (Å²) in [6, 6.07) is 7.58. The van der Waals surface area contributed by atoms with E-state index in [1.165, 1.54) is 6.42 Å². The summed E-state index contributed by atoms with van der Waals surface area (Å²) in [7, 11) is 0. The van der Waals surface area contributed by atoms with Crippen molar-refractivity contribution in [2.45, 2.75) is 38.1 Å². The van der Waals surface area contributed by atoms with Crippen LogP contribution < -0.4 is 10.1 Å². The van der Waals surface area contributed by atoms with Crippen LogP contribution in [0.2, 0.25) is 0 Å². The molecule has 1 saturated carbocycles. The number of nitrogens with zero attached hydrogens (tertiary/aromatic N) is 2. The van der Waals surface area contributed by atoms with Gasteiger partial charge in [0.25, 0.3) is 5.91 Å². The zero-order valence-electron chi connectivity index (χ0n) is 13.6. The van der Waals surface area contributed by atoms with Gasteiger partial charge in [0, 0.05) is 16.1 Å². The van der Waals surface area contributed by atoms with E-state index in [1.54, 1.807) is 17.0 Å². The first kappa shape index (κ1) is 17.9. The Hall–Kier alpha value is -1.91. The highest BCUT2D eigenvalue weighted by atomic mass is 79.9. The fourth-order valence-electron chi connectivity index (χ4n) is 3.25. The van der Waals surface area contributed by atoms with Gasteiger partial charge in [-0.2, -0.15) is 5.26 Å². The molecule has 0 unspecified atom stereocenters. The summed E-state index contributed by atoms with van der Waals surface area (Å²) in [5.41, 5.74) is 1.16. The minimum absolute atomic E-state index is 0.0498. The molecule has 0 radical (unpaired) electrons. The Bertz CT molecular complexity index is 766. The van der Waals surface area contributed by atoms with E-state index in [1.807, 2.05) is 18.2 Å². The van der Waals surface area contributed by atoms with Gasteiger partial charge in [-0.3, -0.25) is 9.69 Å². The van der Waals surface area contributed by atoms with Gasteiger partial charge in [0.15, 0.2) is 11.7 Å². The van der Waals surface area contributed by atoms with Crippen molar-refractivity contribution in [2.75, 3.05) is 6.61 Å². The van der Waals surface area contributed by atoms with Crippen molar-refractivity contribution in [1.82, 2.24) is 10.2 Å². The molecule has 2 fully saturated rings. The van der Waals surface area contributed by atoms with E-state index in [2.05, 4.69) is 21.2 Å². The number of hydrogen-bond acceptors (Lipinski definition) is 4. The molecule has 1 aromatic rings. The lowest BCUT2D eigenvalue weighted by Crippen LogP contribution is -2.41. The molecule has 25 heavy (non-hydrogen) atoms. The topological polar surface area (TPSA) is 65.4 Å². The molecule has 5 nitrogen and oxygen atoms in total. The van der Waals surface area contributed by atoms with E-state index < -0.39 is 0 Å². The largest absolute Gasteiger partial charge is 0.478 e. The molecular weight excluding hydrogens is 402 g/mol. The molecule has 1 heterocycles. The molecule has 130 valence electrons. The number of carbonyl (C=O) groups is 1. The van der Waals surface area contributed by atoms with E-state index in [9.17, 15) is 4.79 Å². The third-order valence-electron chi connectivity index (χ3n) is 4.41. The molecule has 7 heteroatoms. The molecular formula is C18H18BrN3O2S. The van der Waals surface area contributed by atoms with Crippen LogP contribution in [0.4, 0.5) is 0 Å². The van der Waals surface area contributed by atoms with Crippen LogP contribution >= 0.6 is 28.1 Å². The van der Waals surface area contributed by atoms with Crippen molar-refractivity contribution in [3.63, 3.8) is 0 Å². The zero-order chi connectivity index (χ0) is 17.8. The number of carbonyl (C=O) groups excluding carboxylic acids is 1. The fourth-order valence-corrected chi connectivity index (χ4v) is 3.97. The molecule has 1 aliphatic heterocycles. The number of rotatable bonds is 4. The summed E-state index contributed by atoms with van der Waals surface area (Å²) in [6.45, 7) is -0.0498. The number of amides is 1. The average Bonchev–Trinajstić information content (AvgIpc) is 2.88. The van der Waals surface area contributed by atoms with Gasteiger partial charge in [0.05, 0.1) is 0 Å². The van der Waals surface area contributed by atoms with Crippen LogP contribution in [0.1, 0.15) is 37.7 Å². The lowest BCUT2D eigenvalue weighted by Gasteiger charge is -2.29. The standard InChI is InChI=1S/C18H18BrN3O2S/c19-13-6-7-16(24-9-8-20)12(10-13)11-15-17(23)22(18(25)21-15)14-4-2-1-3-5-14/h6-7,10-11,14H,1-5,9H2,(H,21,25)/b15-11-. The SMILES string of the molecule is N#CCOc1ccc(Br)cc1/C=C1\NC(=S)N(C2CCCCC2)C1=O. The second-order valence-electron chi connectivity index (χ2n) is 6.08. The summed E-state index contributed by atoms with van der Waals surface area (Å²) in [5, 5.41) is 12.2. The van der Waals surface area contributed by atoms with Crippen molar-refractivity contribution in [3.05, 3.63) is 33.9 Å². The minimum atomic E-state index is -0.0943. The number of halogens is 1. The van der Waals surface area contributed by atoms with E-state index >= 15 is 0 Å². The van der Waals surface area contributed by atoms with E-state index in [0.29, 0.717) is 22.1 Å². The lowest BCUT2D eigenvalue weighted by atomic mass is 9.94. The van der Waals surface area contributed by atoms with Gasteiger partial charge in [-0.05, 0) is 49.3 Å². The molecule has 0 atom stereocenters. The summed E-state index contributed by atoms with van der Waals surface area (Å²) >= 11 is 8.81. The summed E-state index contributed by atoms with van der Waals surface area (Å²) in [5.74, 6) is 0.456. The molecule has 3 rings (SSSR count).